The maximum atomic E-state index is 11.3. The topological polar surface area (TPSA) is 63.6 Å². The van der Waals surface area contributed by atoms with Crippen molar-refractivity contribution in [3.8, 4) is 0 Å². The van der Waals surface area contributed by atoms with Crippen LogP contribution in [0.5, 0.6) is 0 Å². The highest BCUT2D eigenvalue weighted by molar-refractivity contribution is 6.20. The Balaban J connectivity index is 0.00000225. The van der Waals surface area contributed by atoms with E-state index in [2.05, 4.69) is 4.74 Å². The van der Waals surface area contributed by atoms with E-state index in [1.54, 1.807) is 30.3 Å². The molecule has 0 spiro atoms. The number of carboxylic acid groups (broad SMARTS) is 1. The summed E-state index contributed by atoms with van der Waals surface area (Å²) in [4.78, 5) is 21.8. The molecule has 0 radical (unpaired) electrons. The van der Waals surface area contributed by atoms with Gasteiger partial charge in [0.15, 0.2) is 0 Å². The minimum absolute atomic E-state index is 0. The highest BCUT2D eigenvalue weighted by atomic mass is 16.5. The molecule has 0 fully saturated rings. The average molecular weight is 222 g/mol. The Kier molecular flexibility index (Phi) is 5.56. The molecular weight excluding hydrogens is 208 g/mol. The number of methoxy groups -OCH3 is 1. The molecule has 0 saturated heterocycles. The fraction of sp³-hybridized carbons (Fsp3) is 0.167. The summed E-state index contributed by atoms with van der Waals surface area (Å²) in [7, 11) is 1.21. The maximum absolute atomic E-state index is 11.3. The van der Waals surface area contributed by atoms with Crippen LogP contribution in [0.2, 0.25) is 0 Å². The first kappa shape index (κ1) is 13.9. The summed E-state index contributed by atoms with van der Waals surface area (Å²) in [5.41, 5.74) is 0.553. The molecule has 0 amide bonds. The Labute approximate surface area is 94.2 Å². The van der Waals surface area contributed by atoms with Crippen LogP contribution >= 0.6 is 0 Å². The van der Waals surface area contributed by atoms with E-state index in [0.29, 0.717) is 5.56 Å². The summed E-state index contributed by atoms with van der Waals surface area (Å²) in [5, 5.41) is 8.61. The monoisotopic (exact) mass is 222 g/mol. The molecule has 0 unspecified atom stereocenters. The number of carboxylic acids is 1. The van der Waals surface area contributed by atoms with Gasteiger partial charge < -0.3 is 9.84 Å². The number of aliphatic carboxylic acids is 1. The van der Waals surface area contributed by atoms with Crippen molar-refractivity contribution < 1.29 is 19.4 Å². The predicted molar refractivity (Wildman–Crippen MR) is 60.8 cm³/mol. The number of carbonyl (C=O) groups excluding carboxylic acids is 1. The van der Waals surface area contributed by atoms with Crippen molar-refractivity contribution in [2.45, 2.75) is 7.43 Å². The highest BCUT2D eigenvalue weighted by Crippen LogP contribution is 2.15. The minimum Gasteiger partial charge on any atom is -0.478 e. The molecule has 0 aliphatic heterocycles. The maximum Gasteiger partial charge on any atom is 0.338 e. The number of hydrogen-bond acceptors (Lipinski definition) is 3. The fourth-order valence-corrected chi connectivity index (χ4v) is 1.11. The zero-order valence-corrected chi connectivity index (χ0v) is 8.14. The number of hydrogen-bond donors (Lipinski definition) is 1. The smallest absolute Gasteiger partial charge is 0.338 e. The van der Waals surface area contributed by atoms with E-state index in [4.69, 9.17) is 5.11 Å². The molecule has 1 N–H and O–H groups in total. The fourth-order valence-electron chi connectivity index (χ4n) is 1.11. The quantitative estimate of drug-likeness (QED) is 0.627. The zero-order chi connectivity index (χ0) is 11.3. The van der Waals surface area contributed by atoms with E-state index in [9.17, 15) is 9.59 Å². The van der Waals surface area contributed by atoms with Gasteiger partial charge in [-0.05, 0) is 5.56 Å². The molecule has 1 aromatic rings. The van der Waals surface area contributed by atoms with Gasteiger partial charge in [-0.1, -0.05) is 37.8 Å². The van der Waals surface area contributed by atoms with Crippen LogP contribution in [0.15, 0.2) is 36.4 Å². The van der Waals surface area contributed by atoms with Gasteiger partial charge in [0.05, 0.1) is 12.7 Å². The first-order valence-corrected chi connectivity index (χ1v) is 4.23. The number of carbonyl (C=O) groups is 2. The lowest BCUT2D eigenvalue weighted by molar-refractivity contribution is -0.135. The van der Waals surface area contributed by atoms with Crippen LogP contribution in [0.1, 0.15) is 13.0 Å². The average Bonchev–Trinajstić information content (AvgIpc) is 2.26. The van der Waals surface area contributed by atoms with Gasteiger partial charge in [0.1, 0.15) is 0 Å². The second-order valence-electron chi connectivity index (χ2n) is 2.75. The lowest BCUT2D eigenvalue weighted by atomic mass is 10.1. The molecule has 0 heterocycles. The lowest BCUT2D eigenvalue weighted by Gasteiger charge is -2.03. The third kappa shape index (κ3) is 3.57. The number of benzene rings is 1. The second kappa shape index (κ2) is 6.40. The molecule has 16 heavy (non-hydrogen) atoms. The summed E-state index contributed by atoms with van der Waals surface area (Å²) >= 11 is 0. The zero-order valence-electron chi connectivity index (χ0n) is 8.14. The Morgan fingerprint density at radius 3 is 2.25 bits per heavy atom. The molecule has 0 aromatic heterocycles. The molecule has 0 aliphatic rings. The Morgan fingerprint density at radius 1 is 1.25 bits per heavy atom. The summed E-state index contributed by atoms with van der Waals surface area (Å²) in [6.45, 7) is 0. The Hall–Kier alpha value is -2.10. The molecule has 0 atom stereocenters. The first-order valence-electron chi connectivity index (χ1n) is 4.23. The molecular formula is C12H14O4. The molecule has 0 saturated carbocycles. The first-order chi connectivity index (χ1) is 7.15. The van der Waals surface area contributed by atoms with E-state index in [0.717, 1.165) is 6.08 Å². The van der Waals surface area contributed by atoms with Crippen molar-refractivity contribution in [1.29, 1.82) is 0 Å². The minimum atomic E-state index is -1.18. The summed E-state index contributed by atoms with van der Waals surface area (Å²) in [6, 6.07) is 8.50. The summed E-state index contributed by atoms with van der Waals surface area (Å²) < 4.78 is 4.50. The van der Waals surface area contributed by atoms with Gasteiger partial charge in [-0.25, -0.2) is 9.59 Å². The van der Waals surface area contributed by atoms with Crippen molar-refractivity contribution in [2.24, 2.45) is 0 Å². The predicted octanol–water partition coefficient (Wildman–Crippen LogP) is 1.96. The number of esters is 1. The molecule has 86 valence electrons. The van der Waals surface area contributed by atoms with Crippen LogP contribution < -0.4 is 0 Å². The van der Waals surface area contributed by atoms with E-state index in [-0.39, 0.29) is 13.0 Å². The van der Waals surface area contributed by atoms with E-state index < -0.39 is 11.9 Å². The van der Waals surface area contributed by atoms with Crippen LogP contribution in [0.4, 0.5) is 0 Å². The van der Waals surface area contributed by atoms with Gasteiger partial charge in [0, 0.05) is 6.08 Å². The van der Waals surface area contributed by atoms with Gasteiger partial charge in [-0.15, -0.1) is 0 Å². The van der Waals surface area contributed by atoms with Gasteiger partial charge in [0.25, 0.3) is 0 Å². The van der Waals surface area contributed by atoms with Gasteiger partial charge in [0.2, 0.25) is 0 Å². The second-order valence-corrected chi connectivity index (χ2v) is 2.75. The standard InChI is InChI=1S/C11H10O4.CH4/c1-15-11(14)9(7-10(12)13)8-5-3-2-4-6-8;/h2-7H,1H3,(H,12,13);1H4. The van der Waals surface area contributed by atoms with E-state index in [1.165, 1.54) is 7.11 Å². The van der Waals surface area contributed by atoms with Crippen LogP contribution in [-0.4, -0.2) is 24.2 Å². The Morgan fingerprint density at radius 2 is 1.81 bits per heavy atom. The third-order valence-corrected chi connectivity index (χ3v) is 1.76. The normalized spacial score (nSPS) is 10.2. The van der Waals surface area contributed by atoms with Crippen molar-refractivity contribution in [1.82, 2.24) is 0 Å². The van der Waals surface area contributed by atoms with Crippen LogP contribution in [0.3, 0.4) is 0 Å². The van der Waals surface area contributed by atoms with Crippen molar-refractivity contribution >= 4 is 17.5 Å². The van der Waals surface area contributed by atoms with Crippen LogP contribution in [-0.2, 0) is 14.3 Å². The summed E-state index contributed by atoms with van der Waals surface area (Å²) in [6.07, 6.45) is 0.834. The molecule has 0 aliphatic carbocycles. The van der Waals surface area contributed by atoms with Crippen LogP contribution in [0, 0.1) is 0 Å². The van der Waals surface area contributed by atoms with Crippen molar-refractivity contribution in [2.75, 3.05) is 7.11 Å². The Bertz CT molecular complexity index is 393. The molecule has 4 heteroatoms. The molecule has 1 aromatic carbocycles. The largest absolute Gasteiger partial charge is 0.478 e. The van der Waals surface area contributed by atoms with E-state index in [1.807, 2.05) is 0 Å². The van der Waals surface area contributed by atoms with Crippen molar-refractivity contribution in [3.63, 3.8) is 0 Å². The summed E-state index contributed by atoms with van der Waals surface area (Å²) in [5.74, 6) is -1.84. The molecule has 4 nitrogen and oxygen atoms in total. The lowest BCUT2D eigenvalue weighted by Crippen LogP contribution is -2.06. The molecule has 0 bridgehead atoms. The van der Waals surface area contributed by atoms with Gasteiger partial charge in [-0.2, -0.15) is 0 Å². The number of ether oxygens (including phenoxy) is 1. The third-order valence-electron chi connectivity index (χ3n) is 1.76. The van der Waals surface area contributed by atoms with E-state index >= 15 is 0 Å². The SMILES string of the molecule is C.COC(=O)C(=CC(=O)O)c1ccccc1. The van der Waals surface area contributed by atoms with Crippen molar-refractivity contribution in [3.05, 3.63) is 42.0 Å². The van der Waals surface area contributed by atoms with Gasteiger partial charge >= 0.3 is 11.9 Å². The molecule has 1 rings (SSSR count). The van der Waals surface area contributed by atoms with Crippen LogP contribution in [0.25, 0.3) is 5.57 Å². The number of rotatable bonds is 3. The highest BCUT2D eigenvalue weighted by Gasteiger charge is 2.13. The van der Waals surface area contributed by atoms with Gasteiger partial charge in [-0.3, -0.25) is 0 Å².